The first-order valence-corrected chi connectivity index (χ1v) is 21.0. The summed E-state index contributed by atoms with van der Waals surface area (Å²) in [6.45, 7) is 4.23. The predicted molar refractivity (Wildman–Crippen MR) is 250 cm³/mol. The van der Waals surface area contributed by atoms with Crippen LogP contribution in [0.5, 0.6) is 0 Å². The minimum Gasteiger partial charge on any atom is -0.309 e. The molecule has 1 aliphatic carbocycles. The molecule has 0 aliphatic heterocycles. The molecule has 2 heterocycles. The molecule has 7 aromatic carbocycles. The number of nitriles is 2. The Labute approximate surface area is 361 Å². The van der Waals surface area contributed by atoms with Crippen LogP contribution >= 0.6 is 0 Å². The molecule has 0 unspecified atom stereocenters. The SMILES string of the molecule is CCc1cc(C#N)cc(-c2ccc3c(c2)c2c(n3-c3ccc(-c4ccc(C#N)cc4)cc3-c3ccc(C)c(-c4nc(-c5ccccc5)nc(-c5ccccc5)n4)c3)C=CCC2)c1. The third-order valence-corrected chi connectivity index (χ3v) is 11.9. The number of fused-ring (bicyclic) bond motifs is 3. The Kier molecular flexibility index (Phi) is 9.88. The van der Waals surface area contributed by atoms with Crippen LogP contribution in [0.25, 0.3) is 90.2 Å². The molecule has 2 aromatic heterocycles. The van der Waals surface area contributed by atoms with Gasteiger partial charge < -0.3 is 4.57 Å². The zero-order valence-corrected chi connectivity index (χ0v) is 34.5. The van der Waals surface area contributed by atoms with Crippen molar-refractivity contribution in [2.45, 2.75) is 33.1 Å². The van der Waals surface area contributed by atoms with Gasteiger partial charge in [0.25, 0.3) is 0 Å². The summed E-state index contributed by atoms with van der Waals surface area (Å²) < 4.78 is 2.41. The predicted octanol–water partition coefficient (Wildman–Crippen LogP) is 13.4. The molecular formula is C56H40N6. The maximum absolute atomic E-state index is 9.86. The molecule has 0 radical (unpaired) electrons. The van der Waals surface area contributed by atoms with Gasteiger partial charge in [0.05, 0.1) is 34.5 Å². The number of aryl methyl sites for hydroxylation is 3. The molecule has 0 fully saturated rings. The van der Waals surface area contributed by atoms with Gasteiger partial charge in [0.15, 0.2) is 17.5 Å². The van der Waals surface area contributed by atoms with Gasteiger partial charge in [0.1, 0.15) is 0 Å². The first kappa shape index (κ1) is 38.0. The van der Waals surface area contributed by atoms with Crippen LogP contribution in [0.15, 0.2) is 164 Å². The van der Waals surface area contributed by atoms with Crippen molar-refractivity contribution >= 4 is 17.0 Å². The lowest BCUT2D eigenvalue weighted by atomic mass is 9.94. The molecule has 0 spiro atoms. The summed E-state index contributed by atoms with van der Waals surface area (Å²) in [7, 11) is 0. The van der Waals surface area contributed by atoms with Crippen molar-refractivity contribution in [1.82, 2.24) is 19.5 Å². The van der Waals surface area contributed by atoms with E-state index in [0.29, 0.717) is 28.6 Å². The van der Waals surface area contributed by atoms with Gasteiger partial charge in [-0.25, -0.2) is 15.0 Å². The third kappa shape index (κ3) is 7.04. The van der Waals surface area contributed by atoms with Gasteiger partial charge in [-0.15, -0.1) is 0 Å². The van der Waals surface area contributed by atoms with E-state index in [9.17, 15) is 10.5 Å². The summed E-state index contributed by atoms with van der Waals surface area (Å²) in [4.78, 5) is 15.2. The molecule has 10 rings (SSSR count). The molecule has 0 saturated carbocycles. The number of nitrogens with zero attached hydrogens (tertiary/aromatic N) is 6. The zero-order valence-electron chi connectivity index (χ0n) is 34.5. The lowest BCUT2D eigenvalue weighted by molar-refractivity contribution is 0.968. The first-order valence-electron chi connectivity index (χ1n) is 21.0. The summed E-state index contributed by atoms with van der Waals surface area (Å²) in [5.74, 6) is 1.84. The minimum atomic E-state index is 0.604. The second-order valence-corrected chi connectivity index (χ2v) is 15.7. The Balaban J connectivity index is 1.19. The average Bonchev–Trinajstić information content (AvgIpc) is 3.67. The Hall–Kier alpha value is -8.19. The topological polar surface area (TPSA) is 91.2 Å². The Bertz CT molecular complexity index is 3230. The van der Waals surface area contributed by atoms with Crippen LogP contribution < -0.4 is 0 Å². The van der Waals surface area contributed by atoms with Gasteiger partial charge in [-0.2, -0.15) is 10.5 Å². The lowest BCUT2D eigenvalue weighted by Gasteiger charge is -2.19. The summed E-state index contributed by atoms with van der Waals surface area (Å²) in [5, 5.41) is 20.6. The number of hydrogen-bond acceptors (Lipinski definition) is 5. The van der Waals surface area contributed by atoms with E-state index in [2.05, 4.69) is 103 Å². The third-order valence-electron chi connectivity index (χ3n) is 11.9. The smallest absolute Gasteiger partial charge is 0.164 e. The second kappa shape index (κ2) is 16.1. The van der Waals surface area contributed by atoms with Gasteiger partial charge in [0.2, 0.25) is 0 Å². The van der Waals surface area contributed by atoms with Crippen LogP contribution in [0.2, 0.25) is 0 Å². The van der Waals surface area contributed by atoms with E-state index >= 15 is 0 Å². The molecule has 294 valence electrons. The number of rotatable bonds is 8. The number of benzene rings is 7. The van der Waals surface area contributed by atoms with Crippen LogP contribution in [0, 0.1) is 29.6 Å². The summed E-state index contributed by atoms with van der Waals surface area (Å²) >= 11 is 0. The largest absolute Gasteiger partial charge is 0.309 e. The number of hydrogen-bond donors (Lipinski definition) is 0. The molecule has 0 N–H and O–H groups in total. The summed E-state index contributed by atoms with van der Waals surface area (Å²) in [6, 6.07) is 58.7. The second-order valence-electron chi connectivity index (χ2n) is 15.7. The molecule has 6 heteroatoms. The van der Waals surface area contributed by atoms with E-state index in [0.717, 1.165) is 91.7 Å². The summed E-state index contributed by atoms with van der Waals surface area (Å²) in [6.07, 6.45) is 7.29. The Morgan fingerprint density at radius 1 is 0.548 bits per heavy atom. The van der Waals surface area contributed by atoms with Gasteiger partial charge in [-0.05, 0) is 131 Å². The number of aromatic nitrogens is 4. The van der Waals surface area contributed by atoms with Gasteiger partial charge in [-0.1, -0.05) is 116 Å². The highest BCUT2D eigenvalue weighted by Crippen LogP contribution is 2.42. The van der Waals surface area contributed by atoms with Gasteiger partial charge in [-0.3, -0.25) is 0 Å². The molecular weight excluding hydrogens is 757 g/mol. The quantitative estimate of drug-likeness (QED) is 0.153. The zero-order chi connectivity index (χ0) is 42.2. The van der Waals surface area contributed by atoms with E-state index in [1.165, 1.54) is 16.6 Å². The van der Waals surface area contributed by atoms with Gasteiger partial charge in [0, 0.05) is 33.3 Å². The monoisotopic (exact) mass is 796 g/mol. The van der Waals surface area contributed by atoms with Crippen LogP contribution in [0.3, 0.4) is 0 Å². The normalized spacial score (nSPS) is 11.9. The van der Waals surface area contributed by atoms with Crippen LogP contribution in [-0.2, 0) is 12.8 Å². The van der Waals surface area contributed by atoms with Crippen molar-refractivity contribution < 1.29 is 0 Å². The number of allylic oxidation sites excluding steroid dienone is 1. The maximum atomic E-state index is 9.86. The first-order chi connectivity index (χ1) is 30.5. The van der Waals surface area contributed by atoms with Crippen molar-refractivity contribution in [2.24, 2.45) is 0 Å². The van der Waals surface area contributed by atoms with E-state index in [1.54, 1.807) is 0 Å². The fraction of sp³-hybridized carbons (Fsp3) is 0.0893. The summed E-state index contributed by atoms with van der Waals surface area (Å²) in [5.41, 5.74) is 17.2. The van der Waals surface area contributed by atoms with Crippen LogP contribution in [0.4, 0.5) is 0 Å². The molecule has 0 bridgehead atoms. The molecule has 6 nitrogen and oxygen atoms in total. The van der Waals surface area contributed by atoms with E-state index in [-0.39, 0.29) is 0 Å². The molecule has 0 amide bonds. The van der Waals surface area contributed by atoms with Gasteiger partial charge >= 0.3 is 0 Å². The van der Waals surface area contributed by atoms with Crippen LogP contribution in [-0.4, -0.2) is 19.5 Å². The van der Waals surface area contributed by atoms with Crippen LogP contribution in [0.1, 0.15) is 46.9 Å². The van der Waals surface area contributed by atoms with E-state index in [1.807, 2.05) is 97.1 Å². The fourth-order valence-corrected chi connectivity index (χ4v) is 8.64. The van der Waals surface area contributed by atoms with Crippen molar-refractivity contribution in [2.75, 3.05) is 0 Å². The highest BCUT2D eigenvalue weighted by Gasteiger charge is 2.23. The van der Waals surface area contributed by atoms with Crippen molar-refractivity contribution in [1.29, 1.82) is 10.5 Å². The minimum absolute atomic E-state index is 0.604. The van der Waals surface area contributed by atoms with E-state index in [4.69, 9.17) is 15.0 Å². The Morgan fingerprint density at radius 3 is 1.87 bits per heavy atom. The highest BCUT2D eigenvalue weighted by atomic mass is 15.0. The molecule has 62 heavy (non-hydrogen) atoms. The van der Waals surface area contributed by atoms with Crippen molar-refractivity contribution in [3.05, 3.63) is 197 Å². The standard InChI is InChI=1S/C56H40N6/c1-3-37-28-39(35-58)30-46(29-37)44-25-27-53-50(32-44)47-16-10-11-17-51(47)62(53)52-26-24-43(40-22-19-38(34-57)20-23-40)31-49(52)45-21-18-36(2)48(33-45)56-60-54(41-12-6-4-7-13-41)59-55(61-56)42-14-8-5-9-15-42/h4-9,11-15,17-33H,3,10,16H2,1-2H3. The van der Waals surface area contributed by atoms with Crippen molar-refractivity contribution in [3.8, 4) is 85.4 Å². The van der Waals surface area contributed by atoms with Crippen molar-refractivity contribution in [3.63, 3.8) is 0 Å². The fourth-order valence-electron chi connectivity index (χ4n) is 8.64. The molecule has 1 aliphatic rings. The maximum Gasteiger partial charge on any atom is 0.164 e. The average molecular weight is 797 g/mol. The molecule has 0 atom stereocenters. The van der Waals surface area contributed by atoms with E-state index < -0.39 is 0 Å². The molecule has 0 saturated heterocycles. The lowest BCUT2D eigenvalue weighted by Crippen LogP contribution is -2.03. The molecule has 9 aromatic rings. The Morgan fingerprint density at radius 2 is 1.18 bits per heavy atom. The highest BCUT2D eigenvalue weighted by molar-refractivity contribution is 5.96.